The predicted octanol–water partition coefficient (Wildman–Crippen LogP) is 4.75. The number of benzene rings is 2. The lowest BCUT2D eigenvalue weighted by Crippen LogP contribution is -2.42. The van der Waals surface area contributed by atoms with Gasteiger partial charge < -0.3 is 9.64 Å². The molecule has 1 amide bonds. The summed E-state index contributed by atoms with van der Waals surface area (Å²) in [4.78, 5) is 21.6. The maximum atomic E-state index is 14.4. The van der Waals surface area contributed by atoms with Crippen molar-refractivity contribution in [2.24, 2.45) is 0 Å². The van der Waals surface area contributed by atoms with Crippen molar-refractivity contribution in [3.05, 3.63) is 78.8 Å². The molecular formula is C24H18F4N6O2. The molecule has 0 bridgehead atoms. The fourth-order valence-corrected chi connectivity index (χ4v) is 4.07. The first-order chi connectivity index (χ1) is 17.3. The minimum atomic E-state index is -4.67. The fourth-order valence-electron chi connectivity index (χ4n) is 4.07. The van der Waals surface area contributed by atoms with Crippen LogP contribution in [0.4, 0.5) is 23.2 Å². The Bertz CT molecular complexity index is 1380. The van der Waals surface area contributed by atoms with Crippen LogP contribution in [0.2, 0.25) is 0 Å². The number of hydrogen-bond donors (Lipinski definition) is 0. The molecule has 2 aromatic heterocycles. The zero-order chi connectivity index (χ0) is 25.3. The molecule has 3 heterocycles. The molecule has 0 fully saturated rings. The van der Waals surface area contributed by atoms with Crippen LogP contribution in [0, 0.1) is 5.82 Å². The number of rotatable bonds is 5. The molecular weight excluding hydrogens is 480 g/mol. The van der Waals surface area contributed by atoms with Gasteiger partial charge in [0.15, 0.2) is 5.75 Å². The van der Waals surface area contributed by atoms with Crippen molar-refractivity contribution in [2.75, 3.05) is 11.4 Å². The SMILES string of the molecule is O=C1C(n2cc(-c3ccc(Oc4cncnc4)cc3)nn2)CCc2c(F)cccc2N1CC(F)(F)F. The maximum Gasteiger partial charge on any atom is 0.406 e. The van der Waals surface area contributed by atoms with Gasteiger partial charge in [0.25, 0.3) is 5.91 Å². The van der Waals surface area contributed by atoms with Crippen molar-refractivity contribution in [3.63, 3.8) is 0 Å². The minimum absolute atomic E-state index is 0.0653. The third kappa shape index (κ3) is 4.88. The van der Waals surface area contributed by atoms with Gasteiger partial charge in [-0.05, 0) is 49.2 Å². The molecule has 1 aliphatic heterocycles. The van der Waals surface area contributed by atoms with Crippen LogP contribution in [0.15, 0.2) is 67.4 Å². The van der Waals surface area contributed by atoms with Crippen molar-refractivity contribution in [1.82, 2.24) is 25.0 Å². The molecule has 184 valence electrons. The van der Waals surface area contributed by atoms with E-state index in [0.717, 1.165) is 0 Å². The van der Waals surface area contributed by atoms with Gasteiger partial charge in [0.1, 0.15) is 36.2 Å². The first-order valence-corrected chi connectivity index (χ1v) is 10.9. The highest BCUT2D eigenvalue weighted by Crippen LogP contribution is 2.35. The summed E-state index contributed by atoms with van der Waals surface area (Å²) in [7, 11) is 0. The van der Waals surface area contributed by atoms with Crippen molar-refractivity contribution in [2.45, 2.75) is 25.1 Å². The number of carbonyl (C=O) groups excluding carboxylic acids is 1. The van der Waals surface area contributed by atoms with E-state index in [1.165, 1.54) is 47.8 Å². The highest BCUT2D eigenvalue weighted by atomic mass is 19.4. The second-order valence-corrected chi connectivity index (χ2v) is 8.12. The number of alkyl halides is 3. The van der Waals surface area contributed by atoms with Gasteiger partial charge in [-0.1, -0.05) is 11.3 Å². The number of amides is 1. The van der Waals surface area contributed by atoms with Crippen LogP contribution in [-0.2, 0) is 11.2 Å². The number of halogens is 4. The molecule has 0 spiro atoms. The standard InChI is InChI=1S/C24H18F4N6O2/c25-19-2-1-3-21-18(19)8-9-22(23(35)33(21)13-24(26,27)28)34-12-20(31-32-34)15-4-6-16(7-5-15)36-17-10-29-14-30-11-17/h1-7,10-12,14,22H,8-9,13H2. The molecule has 1 atom stereocenters. The van der Waals surface area contributed by atoms with E-state index in [4.69, 9.17) is 4.74 Å². The normalized spacial score (nSPS) is 15.9. The molecule has 36 heavy (non-hydrogen) atoms. The van der Waals surface area contributed by atoms with Crippen molar-refractivity contribution >= 4 is 11.6 Å². The lowest BCUT2D eigenvalue weighted by Gasteiger charge is -2.26. The zero-order valence-corrected chi connectivity index (χ0v) is 18.6. The quantitative estimate of drug-likeness (QED) is 0.369. The Morgan fingerprint density at radius 1 is 1.03 bits per heavy atom. The summed E-state index contributed by atoms with van der Waals surface area (Å²) in [5.41, 5.74) is 1.05. The van der Waals surface area contributed by atoms with Gasteiger partial charge in [0, 0.05) is 11.1 Å². The molecule has 4 aromatic rings. The van der Waals surface area contributed by atoms with E-state index in [2.05, 4.69) is 20.3 Å². The van der Waals surface area contributed by atoms with Gasteiger partial charge in [-0.25, -0.2) is 19.0 Å². The van der Waals surface area contributed by atoms with E-state index in [-0.39, 0.29) is 24.1 Å². The number of fused-ring (bicyclic) bond motifs is 1. The number of hydrogen-bond acceptors (Lipinski definition) is 6. The molecule has 5 rings (SSSR count). The monoisotopic (exact) mass is 498 g/mol. The molecule has 0 aliphatic carbocycles. The van der Waals surface area contributed by atoms with E-state index in [9.17, 15) is 22.4 Å². The summed E-state index contributed by atoms with van der Waals surface area (Å²) in [6.07, 6.45) is 1.37. The third-order valence-corrected chi connectivity index (χ3v) is 5.69. The molecule has 8 nitrogen and oxygen atoms in total. The van der Waals surface area contributed by atoms with Crippen molar-refractivity contribution < 1.29 is 27.1 Å². The Balaban J connectivity index is 1.40. The Kier molecular flexibility index (Phi) is 6.08. The molecule has 0 N–H and O–H groups in total. The van der Waals surface area contributed by atoms with E-state index < -0.39 is 30.5 Å². The lowest BCUT2D eigenvalue weighted by molar-refractivity contribution is -0.134. The second-order valence-electron chi connectivity index (χ2n) is 8.12. The Morgan fingerprint density at radius 3 is 2.50 bits per heavy atom. The fraction of sp³-hybridized carbons (Fsp3) is 0.208. The van der Waals surface area contributed by atoms with E-state index in [0.29, 0.717) is 27.7 Å². The van der Waals surface area contributed by atoms with E-state index in [1.807, 2.05) is 0 Å². The van der Waals surface area contributed by atoms with Crippen LogP contribution in [0.5, 0.6) is 11.5 Å². The van der Waals surface area contributed by atoms with Gasteiger partial charge in [-0.15, -0.1) is 5.10 Å². The smallest absolute Gasteiger partial charge is 0.406 e. The number of aromatic nitrogens is 5. The molecule has 0 saturated carbocycles. The first-order valence-electron chi connectivity index (χ1n) is 10.9. The summed E-state index contributed by atoms with van der Waals surface area (Å²) in [5.74, 6) is -0.495. The number of carbonyl (C=O) groups is 1. The van der Waals surface area contributed by atoms with Crippen LogP contribution in [0.3, 0.4) is 0 Å². The van der Waals surface area contributed by atoms with Gasteiger partial charge in [0.05, 0.1) is 24.3 Å². The molecule has 2 aromatic carbocycles. The predicted molar refractivity (Wildman–Crippen MR) is 120 cm³/mol. The van der Waals surface area contributed by atoms with Crippen LogP contribution >= 0.6 is 0 Å². The van der Waals surface area contributed by atoms with E-state index in [1.54, 1.807) is 24.3 Å². The second kappa shape index (κ2) is 9.36. The highest BCUT2D eigenvalue weighted by Gasteiger charge is 2.40. The molecule has 1 aliphatic rings. The van der Waals surface area contributed by atoms with Crippen molar-refractivity contribution in [1.29, 1.82) is 0 Å². The number of ether oxygens (including phenoxy) is 1. The minimum Gasteiger partial charge on any atom is -0.454 e. The van der Waals surface area contributed by atoms with Crippen molar-refractivity contribution in [3.8, 4) is 22.8 Å². The first kappa shape index (κ1) is 23.4. The Morgan fingerprint density at radius 2 is 1.78 bits per heavy atom. The molecule has 0 radical (unpaired) electrons. The lowest BCUT2D eigenvalue weighted by atomic mass is 10.1. The summed E-state index contributed by atoms with van der Waals surface area (Å²) < 4.78 is 61.3. The number of anilines is 1. The largest absolute Gasteiger partial charge is 0.454 e. The van der Waals surface area contributed by atoms with Gasteiger partial charge in [-0.2, -0.15) is 13.2 Å². The van der Waals surface area contributed by atoms with Crippen LogP contribution in [0.1, 0.15) is 18.0 Å². The van der Waals surface area contributed by atoms with Crippen LogP contribution < -0.4 is 9.64 Å². The summed E-state index contributed by atoms with van der Waals surface area (Å²) in [6, 6.07) is 9.54. The summed E-state index contributed by atoms with van der Waals surface area (Å²) in [6.45, 7) is -1.53. The summed E-state index contributed by atoms with van der Waals surface area (Å²) >= 11 is 0. The van der Waals surface area contributed by atoms with E-state index >= 15 is 0 Å². The number of nitrogens with zero attached hydrogens (tertiary/aromatic N) is 6. The van der Waals surface area contributed by atoms with Gasteiger partial charge in [0.2, 0.25) is 0 Å². The zero-order valence-electron chi connectivity index (χ0n) is 18.6. The third-order valence-electron chi connectivity index (χ3n) is 5.69. The maximum absolute atomic E-state index is 14.4. The highest BCUT2D eigenvalue weighted by molar-refractivity contribution is 5.97. The molecule has 0 saturated heterocycles. The molecule has 1 unspecified atom stereocenters. The topological polar surface area (TPSA) is 86.0 Å². The summed E-state index contributed by atoms with van der Waals surface area (Å²) in [5, 5.41) is 8.10. The average molecular weight is 498 g/mol. The Hall–Kier alpha value is -4.35. The molecule has 12 heteroatoms. The van der Waals surface area contributed by atoms with Gasteiger partial charge >= 0.3 is 6.18 Å². The Labute approximate surface area is 202 Å². The van der Waals surface area contributed by atoms with Gasteiger partial charge in [-0.3, -0.25) is 4.79 Å². The van der Waals surface area contributed by atoms with Crippen LogP contribution in [-0.4, -0.2) is 43.6 Å². The van der Waals surface area contributed by atoms with Crippen LogP contribution in [0.25, 0.3) is 11.3 Å². The average Bonchev–Trinajstić information content (AvgIpc) is 3.29.